The fraction of sp³-hybridized carbons (Fsp3) is 0.789. The smallest absolute Gasteiger partial charge is 0.334 e. The second-order valence-electron chi connectivity index (χ2n) is 8.51. The van der Waals surface area contributed by atoms with Crippen LogP contribution in [0.25, 0.3) is 0 Å². The Balaban J connectivity index is 2.33. The van der Waals surface area contributed by atoms with Crippen molar-refractivity contribution in [3.63, 3.8) is 0 Å². The minimum Gasteiger partial charge on any atom is -0.457 e. The highest BCUT2D eigenvalue weighted by Gasteiger charge is 2.52. The van der Waals surface area contributed by atoms with Crippen molar-refractivity contribution in [2.45, 2.75) is 79.2 Å². The predicted octanol–water partition coefficient (Wildman–Crippen LogP) is 4.45. The van der Waals surface area contributed by atoms with E-state index in [1.807, 2.05) is 34.6 Å². The standard InChI is InChI=1S/C19H30O3/c1-12(2)15(17(21)22-18(3,4)5)13-9-11-19(6)10-7-8-14(20)16(13)19/h13,16H,7-11H2,1-6H3/t13-,16+,19+/m0/s1. The first-order valence-corrected chi connectivity index (χ1v) is 8.48. The normalized spacial score (nSPS) is 31.6. The number of carbonyl (C=O) groups excluding carboxylic acids is 2. The molecule has 0 aromatic rings. The monoisotopic (exact) mass is 306 g/mol. The molecule has 2 aliphatic carbocycles. The molecule has 0 spiro atoms. The van der Waals surface area contributed by atoms with E-state index in [9.17, 15) is 9.59 Å². The van der Waals surface area contributed by atoms with Crippen molar-refractivity contribution in [2.24, 2.45) is 17.3 Å². The molecule has 124 valence electrons. The van der Waals surface area contributed by atoms with Gasteiger partial charge in [-0.25, -0.2) is 4.79 Å². The molecule has 0 aliphatic heterocycles. The van der Waals surface area contributed by atoms with Crippen molar-refractivity contribution in [3.8, 4) is 0 Å². The number of carbonyl (C=O) groups is 2. The number of Topliss-reactive ketones (excluding diaryl/α,β-unsaturated/α-hetero) is 1. The van der Waals surface area contributed by atoms with Gasteiger partial charge in [-0.1, -0.05) is 12.5 Å². The summed E-state index contributed by atoms with van der Waals surface area (Å²) in [5.41, 5.74) is 1.31. The third-order valence-electron chi connectivity index (χ3n) is 5.23. The molecule has 3 nitrogen and oxygen atoms in total. The van der Waals surface area contributed by atoms with Gasteiger partial charge in [0, 0.05) is 23.8 Å². The number of hydrogen-bond acceptors (Lipinski definition) is 3. The van der Waals surface area contributed by atoms with E-state index in [1.54, 1.807) is 0 Å². The lowest BCUT2D eigenvalue weighted by Crippen LogP contribution is -2.38. The van der Waals surface area contributed by atoms with Crippen LogP contribution < -0.4 is 0 Å². The highest BCUT2D eigenvalue weighted by atomic mass is 16.6. The van der Waals surface area contributed by atoms with Crippen LogP contribution in [0.1, 0.15) is 73.6 Å². The Bertz CT molecular complexity index is 505. The molecule has 0 bridgehead atoms. The molecule has 0 unspecified atom stereocenters. The van der Waals surface area contributed by atoms with Gasteiger partial charge in [0.05, 0.1) is 0 Å². The number of allylic oxidation sites excluding steroid dienone is 1. The topological polar surface area (TPSA) is 43.4 Å². The largest absolute Gasteiger partial charge is 0.457 e. The SMILES string of the molecule is CC(C)=C(C(=O)OC(C)(C)C)[C@@H]1CC[C@@]2(C)CCCC(=O)[C@@H]12. The molecule has 0 radical (unpaired) electrons. The molecule has 2 fully saturated rings. The van der Waals surface area contributed by atoms with Crippen LogP contribution in [0.4, 0.5) is 0 Å². The van der Waals surface area contributed by atoms with Crippen molar-refractivity contribution in [1.82, 2.24) is 0 Å². The van der Waals surface area contributed by atoms with Crippen molar-refractivity contribution >= 4 is 11.8 Å². The summed E-state index contributed by atoms with van der Waals surface area (Å²) in [7, 11) is 0. The van der Waals surface area contributed by atoms with Gasteiger partial charge in [0.1, 0.15) is 11.4 Å². The number of hydrogen-bond donors (Lipinski definition) is 0. The Labute approximate surface area is 134 Å². The van der Waals surface area contributed by atoms with Crippen molar-refractivity contribution in [2.75, 3.05) is 0 Å². The number of ether oxygens (including phenoxy) is 1. The van der Waals surface area contributed by atoms with Crippen LogP contribution in [-0.2, 0) is 14.3 Å². The Morgan fingerprint density at radius 1 is 1.23 bits per heavy atom. The van der Waals surface area contributed by atoms with Gasteiger partial charge in [-0.05, 0) is 65.7 Å². The number of fused-ring (bicyclic) bond motifs is 1. The molecule has 0 amide bonds. The van der Waals surface area contributed by atoms with Crippen molar-refractivity contribution in [3.05, 3.63) is 11.1 Å². The van der Waals surface area contributed by atoms with Gasteiger partial charge in [-0.2, -0.15) is 0 Å². The van der Waals surface area contributed by atoms with Gasteiger partial charge in [-0.3, -0.25) is 4.79 Å². The molecule has 2 rings (SSSR count). The fourth-order valence-electron chi connectivity index (χ4n) is 4.38. The summed E-state index contributed by atoms with van der Waals surface area (Å²) in [5.74, 6) is 0.148. The zero-order chi connectivity index (χ0) is 16.7. The van der Waals surface area contributed by atoms with E-state index < -0.39 is 5.60 Å². The number of esters is 1. The lowest BCUT2D eigenvalue weighted by Gasteiger charge is -2.38. The molecule has 2 saturated carbocycles. The predicted molar refractivity (Wildman–Crippen MR) is 87.4 cm³/mol. The molecule has 2 aliphatic rings. The lowest BCUT2D eigenvalue weighted by atomic mass is 9.65. The molecule has 0 N–H and O–H groups in total. The molecule has 3 atom stereocenters. The van der Waals surface area contributed by atoms with Crippen molar-refractivity contribution in [1.29, 1.82) is 0 Å². The molecule has 0 heterocycles. The van der Waals surface area contributed by atoms with Crippen LogP contribution in [-0.4, -0.2) is 17.4 Å². The summed E-state index contributed by atoms with van der Waals surface area (Å²) in [6, 6.07) is 0. The van der Waals surface area contributed by atoms with Gasteiger partial charge in [0.15, 0.2) is 0 Å². The number of rotatable bonds is 2. The average molecular weight is 306 g/mol. The van der Waals surface area contributed by atoms with Crippen LogP contribution >= 0.6 is 0 Å². The summed E-state index contributed by atoms with van der Waals surface area (Å²) >= 11 is 0. The Morgan fingerprint density at radius 3 is 2.41 bits per heavy atom. The summed E-state index contributed by atoms with van der Waals surface area (Å²) in [5, 5.41) is 0. The van der Waals surface area contributed by atoms with Crippen LogP contribution in [0.3, 0.4) is 0 Å². The summed E-state index contributed by atoms with van der Waals surface area (Å²) in [6.07, 6.45) is 4.72. The van der Waals surface area contributed by atoms with Gasteiger partial charge >= 0.3 is 5.97 Å². The van der Waals surface area contributed by atoms with Gasteiger partial charge in [0.2, 0.25) is 0 Å². The second kappa shape index (κ2) is 5.82. The Kier molecular flexibility index (Phi) is 4.56. The lowest BCUT2D eigenvalue weighted by molar-refractivity contribution is -0.151. The van der Waals surface area contributed by atoms with Crippen molar-refractivity contribution < 1.29 is 14.3 Å². The molecule has 0 aromatic carbocycles. The van der Waals surface area contributed by atoms with E-state index in [0.717, 1.165) is 36.8 Å². The molecule has 3 heteroatoms. The summed E-state index contributed by atoms with van der Waals surface area (Å²) in [6.45, 7) is 11.8. The zero-order valence-corrected chi connectivity index (χ0v) is 14.9. The van der Waals surface area contributed by atoms with Gasteiger partial charge < -0.3 is 4.74 Å². The van der Waals surface area contributed by atoms with Crippen LogP contribution in [0.15, 0.2) is 11.1 Å². The van der Waals surface area contributed by atoms with E-state index in [1.165, 1.54) is 0 Å². The molecule has 22 heavy (non-hydrogen) atoms. The third-order valence-corrected chi connectivity index (χ3v) is 5.23. The van der Waals surface area contributed by atoms with Crippen LogP contribution in [0, 0.1) is 17.3 Å². The Hall–Kier alpha value is -1.12. The van der Waals surface area contributed by atoms with E-state index in [4.69, 9.17) is 4.74 Å². The van der Waals surface area contributed by atoms with Crippen LogP contribution in [0.5, 0.6) is 0 Å². The maximum atomic E-state index is 12.7. The molecular weight excluding hydrogens is 276 g/mol. The fourth-order valence-corrected chi connectivity index (χ4v) is 4.38. The Morgan fingerprint density at radius 2 is 1.86 bits per heavy atom. The second-order valence-corrected chi connectivity index (χ2v) is 8.51. The zero-order valence-electron chi connectivity index (χ0n) is 14.9. The summed E-state index contributed by atoms with van der Waals surface area (Å²) < 4.78 is 5.61. The maximum Gasteiger partial charge on any atom is 0.334 e. The minimum atomic E-state index is -0.504. The van der Waals surface area contributed by atoms with Crippen LogP contribution in [0.2, 0.25) is 0 Å². The molecule has 0 saturated heterocycles. The first-order chi connectivity index (χ1) is 10.1. The van der Waals surface area contributed by atoms with Gasteiger partial charge in [0.25, 0.3) is 0 Å². The molecule has 0 aromatic heterocycles. The van der Waals surface area contributed by atoms with E-state index in [2.05, 4.69) is 6.92 Å². The molecular formula is C19H30O3. The maximum absolute atomic E-state index is 12.7. The first-order valence-electron chi connectivity index (χ1n) is 8.48. The highest BCUT2D eigenvalue weighted by Crippen LogP contribution is 2.55. The number of ketones is 1. The third kappa shape index (κ3) is 3.28. The average Bonchev–Trinajstić information content (AvgIpc) is 2.65. The minimum absolute atomic E-state index is 0.00123. The van der Waals surface area contributed by atoms with Gasteiger partial charge in [-0.15, -0.1) is 0 Å². The summed E-state index contributed by atoms with van der Waals surface area (Å²) in [4.78, 5) is 25.2. The van der Waals surface area contributed by atoms with E-state index in [-0.39, 0.29) is 23.2 Å². The highest BCUT2D eigenvalue weighted by molar-refractivity contribution is 5.93. The van der Waals surface area contributed by atoms with E-state index >= 15 is 0 Å². The van der Waals surface area contributed by atoms with E-state index in [0.29, 0.717) is 12.2 Å². The first kappa shape index (κ1) is 17.2. The quantitative estimate of drug-likeness (QED) is 0.559.